The molecule has 1 aliphatic rings. The van der Waals surface area contributed by atoms with Crippen molar-refractivity contribution in [3.63, 3.8) is 0 Å². The maximum Gasteiger partial charge on any atom is 0.254 e. The van der Waals surface area contributed by atoms with E-state index in [1.54, 1.807) is 6.07 Å². The zero-order chi connectivity index (χ0) is 24.5. The van der Waals surface area contributed by atoms with Crippen LogP contribution in [0.1, 0.15) is 41.4 Å². The van der Waals surface area contributed by atoms with E-state index in [-0.39, 0.29) is 17.6 Å². The number of nitrogens with zero attached hydrogens (tertiary/aromatic N) is 3. The highest BCUT2D eigenvalue weighted by atomic mass is 19.1. The number of amides is 1. The first-order chi connectivity index (χ1) is 16.1. The molecular weight excluding hydrogens is 429 g/mol. The minimum atomic E-state index is -0.269. The van der Waals surface area contributed by atoms with Gasteiger partial charge in [0.05, 0.1) is 46.0 Å². The van der Waals surface area contributed by atoms with Crippen LogP contribution in [0.3, 0.4) is 0 Å². The third-order valence-corrected chi connectivity index (χ3v) is 6.41. The monoisotopic (exact) mass is 462 g/mol. The highest BCUT2D eigenvalue weighted by Gasteiger charge is 2.28. The molecular formula is C28H33FN3O2+. The van der Waals surface area contributed by atoms with E-state index in [2.05, 4.69) is 19.1 Å². The highest BCUT2D eigenvalue weighted by molar-refractivity contribution is 5.95. The summed E-state index contributed by atoms with van der Waals surface area (Å²) in [5.74, 6) is 1.24. The van der Waals surface area contributed by atoms with Crippen molar-refractivity contribution in [1.29, 1.82) is 0 Å². The summed E-state index contributed by atoms with van der Waals surface area (Å²) >= 11 is 0. The number of hydrogen-bond acceptors (Lipinski definition) is 3. The van der Waals surface area contributed by atoms with E-state index in [0.29, 0.717) is 17.1 Å². The predicted molar refractivity (Wildman–Crippen MR) is 133 cm³/mol. The topological polar surface area (TPSA) is 42.4 Å². The Morgan fingerprint density at radius 1 is 1.03 bits per heavy atom. The standard InChI is InChI=1S/C28H33FN3O2/c1-19(2)25-18-23(29)8-11-27(25)34-24-9-6-21(7-10-24)26-17-22(16-20(3)30-26)28(33)31-12-14-32(4,5)15-13-31/h6-11,16-19H,12-15H2,1-5H3/q+1. The Hall–Kier alpha value is -3.25. The Morgan fingerprint density at radius 3 is 2.35 bits per heavy atom. The quantitative estimate of drug-likeness (QED) is 0.461. The average Bonchev–Trinajstić information content (AvgIpc) is 2.80. The summed E-state index contributed by atoms with van der Waals surface area (Å²) in [7, 11) is 4.40. The molecule has 2 aromatic carbocycles. The van der Waals surface area contributed by atoms with Crippen LogP contribution in [0.25, 0.3) is 11.3 Å². The lowest BCUT2D eigenvalue weighted by molar-refractivity contribution is -0.894. The van der Waals surface area contributed by atoms with E-state index in [4.69, 9.17) is 4.74 Å². The molecule has 2 heterocycles. The van der Waals surface area contributed by atoms with Crippen LogP contribution < -0.4 is 4.74 Å². The van der Waals surface area contributed by atoms with E-state index in [1.807, 2.05) is 62.1 Å². The molecule has 0 aliphatic carbocycles. The zero-order valence-electron chi connectivity index (χ0n) is 20.6. The van der Waals surface area contributed by atoms with Crippen molar-refractivity contribution < 1.29 is 18.4 Å². The Kier molecular flexibility index (Phi) is 6.71. The van der Waals surface area contributed by atoms with Gasteiger partial charge in [0.1, 0.15) is 17.3 Å². The first-order valence-corrected chi connectivity index (χ1v) is 11.8. The average molecular weight is 463 g/mol. The number of rotatable bonds is 5. The number of carbonyl (C=O) groups excluding carboxylic acids is 1. The summed E-state index contributed by atoms with van der Waals surface area (Å²) in [5, 5.41) is 0. The minimum absolute atomic E-state index is 0.0592. The number of benzene rings is 2. The first-order valence-electron chi connectivity index (χ1n) is 11.8. The van der Waals surface area contributed by atoms with Crippen molar-refractivity contribution >= 4 is 5.91 Å². The maximum atomic E-state index is 13.7. The molecule has 0 atom stereocenters. The number of piperazine rings is 1. The van der Waals surface area contributed by atoms with E-state index < -0.39 is 0 Å². The summed E-state index contributed by atoms with van der Waals surface area (Å²) < 4.78 is 20.7. The van der Waals surface area contributed by atoms with Crippen LogP contribution in [0.5, 0.6) is 11.5 Å². The van der Waals surface area contributed by atoms with Crippen molar-refractivity contribution in [2.45, 2.75) is 26.7 Å². The van der Waals surface area contributed by atoms with Gasteiger partial charge in [0.15, 0.2) is 0 Å². The number of carbonyl (C=O) groups is 1. The molecule has 0 bridgehead atoms. The van der Waals surface area contributed by atoms with Crippen LogP contribution in [-0.4, -0.2) is 60.5 Å². The molecule has 0 N–H and O–H groups in total. The molecule has 5 nitrogen and oxygen atoms in total. The largest absolute Gasteiger partial charge is 0.457 e. The minimum Gasteiger partial charge on any atom is -0.457 e. The molecule has 1 fully saturated rings. The van der Waals surface area contributed by atoms with Crippen LogP contribution in [-0.2, 0) is 0 Å². The number of quaternary nitrogens is 1. The van der Waals surface area contributed by atoms with Crippen LogP contribution in [0.15, 0.2) is 54.6 Å². The van der Waals surface area contributed by atoms with Crippen LogP contribution in [0.2, 0.25) is 0 Å². The summed E-state index contributed by atoms with van der Waals surface area (Å²) in [6, 6.07) is 15.9. The predicted octanol–water partition coefficient (Wildman–Crippen LogP) is 5.64. The molecule has 0 radical (unpaired) electrons. The van der Waals surface area contributed by atoms with Crippen molar-refractivity contribution in [1.82, 2.24) is 9.88 Å². The van der Waals surface area contributed by atoms with Gasteiger partial charge < -0.3 is 14.1 Å². The van der Waals surface area contributed by atoms with Gasteiger partial charge >= 0.3 is 0 Å². The molecule has 0 spiro atoms. The van der Waals surface area contributed by atoms with Crippen LogP contribution in [0, 0.1) is 12.7 Å². The third-order valence-electron chi connectivity index (χ3n) is 6.41. The maximum absolute atomic E-state index is 13.7. The molecule has 1 amide bonds. The number of halogens is 1. The van der Waals surface area contributed by atoms with Gasteiger partial charge in [-0.25, -0.2) is 4.39 Å². The van der Waals surface area contributed by atoms with Gasteiger partial charge in [-0.1, -0.05) is 13.8 Å². The molecule has 1 aromatic heterocycles. The number of aromatic nitrogens is 1. The smallest absolute Gasteiger partial charge is 0.254 e. The van der Waals surface area contributed by atoms with Gasteiger partial charge in [0.25, 0.3) is 5.91 Å². The molecule has 178 valence electrons. The van der Waals surface area contributed by atoms with E-state index >= 15 is 0 Å². The van der Waals surface area contributed by atoms with Crippen molar-refractivity contribution in [3.8, 4) is 22.8 Å². The summed E-state index contributed by atoms with van der Waals surface area (Å²) in [5.41, 5.74) is 3.97. The highest BCUT2D eigenvalue weighted by Crippen LogP contribution is 2.32. The third kappa shape index (κ3) is 5.45. The number of ether oxygens (including phenoxy) is 1. The van der Waals surface area contributed by atoms with Crippen molar-refractivity contribution in [3.05, 3.63) is 77.2 Å². The summed E-state index contributed by atoms with van der Waals surface area (Å²) in [4.78, 5) is 19.8. The van der Waals surface area contributed by atoms with Gasteiger partial charge in [-0.15, -0.1) is 0 Å². The molecule has 34 heavy (non-hydrogen) atoms. The second kappa shape index (κ2) is 9.55. The second-order valence-corrected chi connectivity index (χ2v) is 10.0. The van der Waals surface area contributed by atoms with Gasteiger partial charge in [0.2, 0.25) is 0 Å². The SMILES string of the molecule is Cc1cc(C(=O)N2CC[N+](C)(C)CC2)cc(-c2ccc(Oc3ccc(F)cc3C(C)C)cc2)n1. The van der Waals surface area contributed by atoms with Gasteiger partial charge in [-0.2, -0.15) is 0 Å². The van der Waals surface area contributed by atoms with E-state index in [1.165, 1.54) is 12.1 Å². The van der Waals surface area contributed by atoms with Crippen LogP contribution in [0.4, 0.5) is 4.39 Å². The molecule has 1 aliphatic heterocycles. The number of pyridine rings is 1. The Labute approximate surface area is 201 Å². The molecule has 1 saturated heterocycles. The summed E-state index contributed by atoms with van der Waals surface area (Å²) in [6.07, 6.45) is 0. The summed E-state index contributed by atoms with van der Waals surface area (Å²) in [6.45, 7) is 9.36. The molecule has 6 heteroatoms. The van der Waals surface area contributed by atoms with Crippen molar-refractivity contribution in [2.75, 3.05) is 40.3 Å². The van der Waals surface area contributed by atoms with Crippen LogP contribution >= 0.6 is 0 Å². The fraction of sp³-hybridized carbons (Fsp3) is 0.357. The number of likely N-dealkylation sites (N-methyl/N-ethyl adjacent to an activating group) is 1. The fourth-order valence-electron chi connectivity index (χ4n) is 4.22. The zero-order valence-corrected chi connectivity index (χ0v) is 20.6. The van der Waals surface area contributed by atoms with Gasteiger partial charge in [-0.3, -0.25) is 9.78 Å². The first kappa shape index (κ1) is 23.9. The molecule has 4 rings (SSSR count). The Balaban J connectivity index is 1.53. The number of aryl methyl sites for hydroxylation is 1. The lowest BCUT2D eigenvalue weighted by Gasteiger charge is -2.39. The van der Waals surface area contributed by atoms with Gasteiger partial charge in [0, 0.05) is 22.4 Å². The Morgan fingerprint density at radius 2 is 1.71 bits per heavy atom. The molecule has 0 saturated carbocycles. The Bertz CT molecular complexity index is 1180. The number of hydrogen-bond donors (Lipinski definition) is 0. The van der Waals surface area contributed by atoms with E-state index in [0.717, 1.165) is 53.2 Å². The van der Waals surface area contributed by atoms with Gasteiger partial charge in [-0.05, 0) is 67.4 Å². The fourth-order valence-corrected chi connectivity index (χ4v) is 4.22. The normalized spacial score (nSPS) is 15.4. The molecule has 0 unspecified atom stereocenters. The van der Waals surface area contributed by atoms with E-state index in [9.17, 15) is 9.18 Å². The lowest BCUT2D eigenvalue weighted by Crippen LogP contribution is -2.56. The van der Waals surface area contributed by atoms with Crippen molar-refractivity contribution in [2.24, 2.45) is 0 Å². The lowest BCUT2D eigenvalue weighted by atomic mass is 10.0. The second-order valence-electron chi connectivity index (χ2n) is 10.0. The molecule has 3 aromatic rings.